The Labute approximate surface area is 223 Å². The van der Waals surface area contributed by atoms with Crippen LogP contribution in [-0.2, 0) is 16.0 Å². The molecule has 2 amide bonds. The number of nitrogens with zero attached hydrogens (tertiary/aromatic N) is 3. The number of benzene rings is 2. The average Bonchev–Trinajstić information content (AvgIpc) is 3.60. The summed E-state index contributed by atoms with van der Waals surface area (Å²) in [6, 6.07) is 21.1. The van der Waals surface area contributed by atoms with E-state index in [0.717, 1.165) is 19.4 Å². The number of rotatable bonds is 5. The van der Waals surface area contributed by atoms with Crippen LogP contribution in [0.25, 0.3) is 0 Å². The molecule has 4 atom stereocenters. The molecule has 3 aromatic rings. The summed E-state index contributed by atoms with van der Waals surface area (Å²) in [5, 5.41) is 2.18. The summed E-state index contributed by atoms with van der Waals surface area (Å²) in [6.45, 7) is 7.60. The molecular weight excluding hydrogens is 478 g/mol. The lowest BCUT2D eigenvalue weighted by Gasteiger charge is -2.43. The minimum absolute atomic E-state index is 0.0998. The predicted molar refractivity (Wildman–Crippen MR) is 148 cm³/mol. The summed E-state index contributed by atoms with van der Waals surface area (Å²) in [7, 11) is 0. The van der Waals surface area contributed by atoms with Gasteiger partial charge in [0.1, 0.15) is 0 Å². The van der Waals surface area contributed by atoms with Gasteiger partial charge in [0, 0.05) is 43.5 Å². The maximum atomic E-state index is 13.8. The molecular formula is C31H35N3O2S. The third kappa shape index (κ3) is 4.62. The highest BCUT2D eigenvalue weighted by atomic mass is 32.1. The molecule has 3 aliphatic rings. The SMILES string of the molecule is Cc1ccccc1[C@@H]1c2ccsc2CCN1[C@@H](C)C(=O)N1CCN(C(=O)[C@@H]2C[C@H]2c2ccccc2)CC1. The normalized spacial score (nSPS) is 24.4. The molecule has 2 aliphatic heterocycles. The lowest BCUT2D eigenvalue weighted by Crippen LogP contribution is -2.56. The maximum Gasteiger partial charge on any atom is 0.239 e. The van der Waals surface area contributed by atoms with Crippen molar-refractivity contribution in [2.45, 2.75) is 44.7 Å². The van der Waals surface area contributed by atoms with Gasteiger partial charge in [0.15, 0.2) is 0 Å². The number of fused-ring (bicyclic) bond motifs is 1. The summed E-state index contributed by atoms with van der Waals surface area (Å²) >= 11 is 1.83. The first kappa shape index (κ1) is 24.4. The highest BCUT2D eigenvalue weighted by Gasteiger charge is 2.46. The van der Waals surface area contributed by atoms with Crippen molar-refractivity contribution in [3.63, 3.8) is 0 Å². The van der Waals surface area contributed by atoms with Gasteiger partial charge in [0.2, 0.25) is 11.8 Å². The number of hydrogen-bond donors (Lipinski definition) is 0. The monoisotopic (exact) mass is 513 g/mol. The lowest BCUT2D eigenvalue weighted by atomic mass is 9.89. The van der Waals surface area contributed by atoms with Crippen molar-refractivity contribution in [3.8, 4) is 0 Å². The number of hydrogen-bond acceptors (Lipinski definition) is 4. The molecule has 1 aromatic heterocycles. The molecule has 3 heterocycles. The molecule has 0 radical (unpaired) electrons. The molecule has 1 saturated heterocycles. The fourth-order valence-electron chi connectivity index (χ4n) is 6.32. The van der Waals surface area contributed by atoms with Gasteiger partial charge < -0.3 is 9.80 Å². The number of amides is 2. The summed E-state index contributed by atoms with van der Waals surface area (Å²) in [5.41, 5.74) is 5.16. The predicted octanol–water partition coefficient (Wildman–Crippen LogP) is 4.87. The largest absolute Gasteiger partial charge is 0.339 e. The van der Waals surface area contributed by atoms with Crippen LogP contribution in [0.2, 0.25) is 0 Å². The van der Waals surface area contributed by atoms with Gasteiger partial charge in [-0.25, -0.2) is 0 Å². The zero-order valence-electron chi connectivity index (χ0n) is 21.7. The van der Waals surface area contributed by atoms with Gasteiger partial charge in [0.25, 0.3) is 0 Å². The van der Waals surface area contributed by atoms with E-state index in [0.29, 0.717) is 32.1 Å². The number of carbonyl (C=O) groups is 2. The second-order valence-electron chi connectivity index (χ2n) is 10.7. The average molecular weight is 514 g/mol. The van der Waals surface area contributed by atoms with Crippen LogP contribution in [0, 0.1) is 12.8 Å². The Balaban J connectivity index is 1.11. The standard InChI is InChI=1S/C31H35N3O2S/c1-21-8-6-7-11-24(21)29-25-13-19-37-28(25)12-14-34(29)22(2)30(35)32-15-17-33(18-16-32)31(36)27-20-26(27)23-9-4-3-5-10-23/h3-11,13,19,22,26-27,29H,12,14-18,20H2,1-2H3/t22-,26-,27+,29+/m0/s1. The van der Waals surface area contributed by atoms with E-state index >= 15 is 0 Å². The van der Waals surface area contributed by atoms with E-state index in [9.17, 15) is 9.59 Å². The Kier molecular flexibility index (Phi) is 6.63. The fourth-order valence-corrected chi connectivity index (χ4v) is 7.22. The van der Waals surface area contributed by atoms with Gasteiger partial charge in [-0.3, -0.25) is 14.5 Å². The van der Waals surface area contributed by atoms with Gasteiger partial charge in [-0.05, 0) is 66.3 Å². The molecule has 2 fully saturated rings. The molecule has 1 aliphatic carbocycles. The minimum atomic E-state index is -0.217. The van der Waals surface area contributed by atoms with Crippen LogP contribution in [-0.4, -0.2) is 65.3 Å². The second kappa shape index (κ2) is 10.1. The first-order chi connectivity index (χ1) is 18.0. The third-order valence-electron chi connectivity index (χ3n) is 8.58. The number of aryl methyl sites for hydroxylation is 1. The molecule has 6 heteroatoms. The summed E-state index contributed by atoms with van der Waals surface area (Å²) in [4.78, 5) is 34.7. The Morgan fingerprint density at radius 3 is 2.32 bits per heavy atom. The zero-order valence-corrected chi connectivity index (χ0v) is 22.5. The van der Waals surface area contributed by atoms with Crippen molar-refractivity contribution >= 4 is 23.2 Å². The highest BCUT2D eigenvalue weighted by Crippen LogP contribution is 2.48. The lowest BCUT2D eigenvalue weighted by molar-refractivity contribution is -0.143. The van der Waals surface area contributed by atoms with Gasteiger partial charge in [0.05, 0.1) is 12.1 Å². The molecule has 2 aromatic carbocycles. The van der Waals surface area contributed by atoms with Crippen molar-refractivity contribution in [3.05, 3.63) is 93.2 Å². The molecule has 0 N–H and O–H groups in total. The molecule has 6 rings (SSSR count). The first-order valence-electron chi connectivity index (χ1n) is 13.5. The van der Waals surface area contributed by atoms with E-state index in [1.165, 1.54) is 27.1 Å². The van der Waals surface area contributed by atoms with E-state index in [4.69, 9.17) is 0 Å². The number of piperazine rings is 1. The molecule has 37 heavy (non-hydrogen) atoms. The van der Waals surface area contributed by atoms with Crippen LogP contribution in [0.5, 0.6) is 0 Å². The Morgan fingerprint density at radius 1 is 0.865 bits per heavy atom. The van der Waals surface area contributed by atoms with Gasteiger partial charge >= 0.3 is 0 Å². The van der Waals surface area contributed by atoms with Crippen molar-refractivity contribution < 1.29 is 9.59 Å². The Hall–Kier alpha value is -2.96. The quantitative estimate of drug-likeness (QED) is 0.489. The second-order valence-corrected chi connectivity index (χ2v) is 11.7. The van der Waals surface area contributed by atoms with Crippen molar-refractivity contribution in [1.29, 1.82) is 0 Å². The Bertz CT molecular complexity index is 1280. The van der Waals surface area contributed by atoms with Crippen LogP contribution >= 0.6 is 11.3 Å². The first-order valence-corrected chi connectivity index (χ1v) is 14.4. The van der Waals surface area contributed by atoms with Crippen LogP contribution in [0.15, 0.2) is 66.0 Å². The van der Waals surface area contributed by atoms with Crippen molar-refractivity contribution in [2.75, 3.05) is 32.7 Å². The van der Waals surface area contributed by atoms with Crippen LogP contribution < -0.4 is 0 Å². The Morgan fingerprint density at radius 2 is 1.57 bits per heavy atom. The molecule has 1 saturated carbocycles. The molecule has 0 spiro atoms. The molecule has 0 bridgehead atoms. The fraction of sp³-hybridized carbons (Fsp3) is 0.419. The van der Waals surface area contributed by atoms with Crippen LogP contribution in [0.3, 0.4) is 0 Å². The highest BCUT2D eigenvalue weighted by molar-refractivity contribution is 7.10. The molecule has 192 valence electrons. The van der Waals surface area contributed by atoms with Gasteiger partial charge in [-0.1, -0.05) is 54.6 Å². The topological polar surface area (TPSA) is 43.9 Å². The smallest absolute Gasteiger partial charge is 0.239 e. The van der Waals surface area contributed by atoms with Crippen molar-refractivity contribution in [2.24, 2.45) is 5.92 Å². The molecule has 5 nitrogen and oxygen atoms in total. The van der Waals surface area contributed by atoms with Crippen LogP contribution in [0.1, 0.15) is 52.4 Å². The van der Waals surface area contributed by atoms with E-state index in [1.54, 1.807) is 0 Å². The van der Waals surface area contributed by atoms with Crippen molar-refractivity contribution in [1.82, 2.24) is 14.7 Å². The van der Waals surface area contributed by atoms with E-state index in [1.807, 2.05) is 39.3 Å². The van der Waals surface area contributed by atoms with E-state index in [-0.39, 0.29) is 29.8 Å². The summed E-state index contributed by atoms with van der Waals surface area (Å²) in [6.07, 6.45) is 1.93. The van der Waals surface area contributed by atoms with Crippen LogP contribution in [0.4, 0.5) is 0 Å². The van der Waals surface area contributed by atoms with Gasteiger partial charge in [-0.2, -0.15) is 0 Å². The summed E-state index contributed by atoms with van der Waals surface area (Å²) < 4.78 is 0. The third-order valence-corrected chi connectivity index (χ3v) is 9.58. The number of carbonyl (C=O) groups excluding carboxylic acids is 2. The van der Waals surface area contributed by atoms with E-state index < -0.39 is 0 Å². The number of thiophene rings is 1. The minimum Gasteiger partial charge on any atom is -0.339 e. The summed E-state index contributed by atoms with van der Waals surface area (Å²) in [5.74, 6) is 0.895. The molecule has 0 unspecified atom stereocenters. The van der Waals surface area contributed by atoms with E-state index in [2.05, 4.69) is 66.6 Å². The zero-order chi connectivity index (χ0) is 25.5. The maximum absolute atomic E-state index is 13.8. The van der Waals surface area contributed by atoms with Gasteiger partial charge in [-0.15, -0.1) is 11.3 Å².